The number of carbonyl (C=O) groups excluding carboxylic acids is 1. The van der Waals surface area contributed by atoms with Crippen LogP contribution in [0.25, 0.3) is 0 Å². The third kappa shape index (κ3) is 6.15. The minimum Gasteiger partial charge on any atom is -0.497 e. The fourth-order valence-corrected chi connectivity index (χ4v) is 1.75. The van der Waals surface area contributed by atoms with Gasteiger partial charge in [0.05, 0.1) is 41.4 Å². The number of methoxy groups -OCH3 is 2. The van der Waals surface area contributed by atoms with E-state index in [0.717, 1.165) is 13.1 Å². The second-order valence-electron chi connectivity index (χ2n) is 4.89. The summed E-state index contributed by atoms with van der Waals surface area (Å²) in [5, 5.41) is 3.37. The molecule has 122 valence electrons. The van der Waals surface area contributed by atoms with Crippen LogP contribution < -0.4 is 30.5 Å². The molecule has 1 rings (SSSR count). The first-order valence-corrected chi connectivity index (χ1v) is 7.23. The van der Waals surface area contributed by atoms with E-state index in [-0.39, 0.29) is 5.91 Å². The fraction of sp³-hybridized carbons (Fsp3) is 0.429. The van der Waals surface area contributed by atoms with Gasteiger partial charge in [0.1, 0.15) is 11.5 Å². The summed E-state index contributed by atoms with van der Waals surface area (Å²) >= 11 is 5.08. The molecular formula is C14H23N4O3S+. The molecule has 22 heavy (non-hydrogen) atoms. The zero-order valence-corrected chi connectivity index (χ0v) is 14.1. The van der Waals surface area contributed by atoms with Crippen LogP contribution in [0.3, 0.4) is 0 Å². The number of likely N-dealkylation sites (N-methyl/N-ethyl adjacent to an activating group) is 1. The molecule has 0 bridgehead atoms. The normalized spacial score (nSPS) is 10.0. The number of nitrogens with one attached hydrogen (secondary N) is 4. The molecule has 0 saturated heterocycles. The van der Waals surface area contributed by atoms with Crippen LogP contribution in [0, 0.1) is 0 Å². The average Bonchev–Trinajstić information content (AvgIpc) is 2.51. The lowest BCUT2D eigenvalue weighted by Crippen LogP contribution is -3.06. The van der Waals surface area contributed by atoms with Crippen molar-refractivity contribution in [2.75, 3.05) is 41.4 Å². The van der Waals surface area contributed by atoms with Crippen molar-refractivity contribution in [3.05, 3.63) is 23.8 Å². The Kier molecular flexibility index (Phi) is 7.41. The van der Waals surface area contributed by atoms with Gasteiger partial charge in [-0.3, -0.25) is 15.6 Å². The average molecular weight is 327 g/mol. The summed E-state index contributed by atoms with van der Waals surface area (Å²) in [6.07, 6.45) is 0. The van der Waals surface area contributed by atoms with Crippen LogP contribution in [0.4, 0.5) is 0 Å². The summed E-state index contributed by atoms with van der Waals surface area (Å²) in [5.74, 6) is 0.748. The number of hydrogen-bond acceptors (Lipinski definition) is 4. The van der Waals surface area contributed by atoms with E-state index in [1.807, 2.05) is 0 Å². The maximum Gasteiger partial charge on any atom is 0.269 e. The molecule has 1 aromatic rings. The number of carbonyl (C=O) groups is 1. The highest BCUT2D eigenvalue weighted by Crippen LogP contribution is 2.22. The fourth-order valence-electron chi connectivity index (χ4n) is 1.59. The molecule has 0 radical (unpaired) electrons. The van der Waals surface area contributed by atoms with Gasteiger partial charge in [-0.05, 0) is 24.4 Å². The predicted molar refractivity (Wildman–Crippen MR) is 88.4 cm³/mol. The Labute approximate surface area is 135 Å². The number of amides is 1. The Hall–Kier alpha value is -2.06. The molecule has 4 N–H and O–H groups in total. The van der Waals surface area contributed by atoms with Crippen LogP contribution in [0.15, 0.2) is 18.2 Å². The van der Waals surface area contributed by atoms with Gasteiger partial charge in [0.2, 0.25) is 0 Å². The summed E-state index contributed by atoms with van der Waals surface area (Å²) in [5.41, 5.74) is 5.60. The van der Waals surface area contributed by atoms with Crippen molar-refractivity contribution in [2.24, 2.45) is 0 Å². The van der Waals surface area contributed by atoms with E-state index in [4.69, 9.17) is 21.7 Å². The summed E-state index contributed by atoms with van der Waals surface area (Å²) in [6, 6.07) is 4.93. The van der Waals surface area contributed by atoms with E-state index in [1.54, 1.807) is 18.2 Å². The Bertz CT molecular complexity index is 501. The highest BCUT2D eigenvalue weighted by molar-refractivity contribution is 7.80. The van der Waals surface area contributed by atoms with Crippen LogP contribution in [0.2, 0.25) is 0 Å². The predicted octanol–water partition coefficient (Wildman–Crippen LogP) is -1.04. The Balaban J connectivity index is 2.53. The van der Waals surface area contributed by atoms with Gasteiger partial charge in [-0.25, -0.2) is 0 Å². The van der Waals surface area contributed by atoms with E-state index in [2.05, 4.69) is 30.3 Å². The molecule has 0 saturated carbocycles. The first-order chi connectivity index (χ1) is 10.5. The summed E-state index contributed by atoms with van der Waals surface area (Å²) in [7, 11) is 7.16. The smallest absolute Gasteiger partial charge is 0.269 e. The van der Waals surface area contributed by atoms with Gasteiger partial charge in [-0.1, -0.05) is 0 Å². The molecule has 0 aliphatic heterocycles. The Morgan fingerprint density at radius 1 is 1.14 bits per heavy atom. The van der Waals surface area contributed by atoms with Crippen molar-refractivity contribution in [3.8, 4) is 11.5 Å². The zero-order valence-electron chi connectivity index (χ0n) is 13.3. The van der Waals surface area contributed by atoms with Crippen molar-refractivity contribution < 1.29 is 19.2 Å². The van der Waals surface area contributed by atoms with E-state index in [0.29, 0.717) is 22.2 Å². The molecule has 1 amide bonds. The van der Waals surface area contributed by atoms with Crippen molar-refractivity contribution in [1.29, 1.82) is 0 Å². The third-order valence-electron chi connectivity index (χ3n) is 2.81. The van der Waals surface area contributed by atoms with E-state index in [1.165, 1.54) is 19.1 Å². The molecule has 8 heteroatoms. The molecule has 0 aliphatic carbocycles. The lowest BCUT2D eigenvalue weighted by atomic mass is 10.2. The number of quaternary nitrogens is 1. The van der Waals surface area contributed by atoms with Gasteiger partial charge in [0.25, 0.3) is 5.91 Å². The van der Waals surface area contributed by atoms with E-state index >= 15 is 0 Å². The second-order valence-corrected chi connectivity index (χ2v) is 5.30. The second kappa shape index (κ2) is 9.06. The quantitative estimate of drug-likeness (QED) is 0.395. The largest absolute Gasteiger partial charge is 0.497 e. The zero-order chi connectivity index (χ0) is 16.5. The molecule has 0 unspecified atom stereocenters. The minimum atomic E-state index is -0.334. The SMILES string of the molecule is COc1cc(OC)cc(C(=O)NNC(=S)NCC[NH+](C)C)c1. The van der Waals surface area contributed by atoms with Crippen molar-refractivity contribution in [3.63, 3.8) is 0 Å². The Morgan fingerprint density at radius 2 is 1.73 bits per heavy atom. The molecule has 1 aromatic carbocycles. The van der Waals surface area contributed by atoms with Crippen LogP contribution >= 0.6 is 12.2 Å². The summed E-state index contributed by atoms with van der Waals surface area (Å²) in [6.45, 7) is 1.64. The van der Waals surface area contributed by atoms with Gasteiger partial charge in [-0.2, -0.15) is 0 Å². The molecule has 0 spiro atoms. The van der Waals surface area contributed by atoms with Gasteiger partial charge in [0.15, 0.2) is 5.11 Å². The maximum absolute atomic E-state index is 12.1. The monoisotopic (exact) mass is 327 g/mol. The van der Waals surface area contributed by atoms with Gasteiger partial charge in [0, 0.05) is 11.6 Å². The van der Waals surface area contributed by atoms with Crippen molar-refractivity contribution >= 4 is 23.2 Å². The molecule has 0 atom stereocenters. The van der Waals surface area contributed by atoms with Crippen molar-refractivity contribution in [2.45, 2.75) is 0 Å². The molecule has 0 aliphatic rings. The number of hydrogen-bond donors (Lipinski definition) is 4. The van der Waals surface area contributed by atoms with Crippen LogP contribution in [-0.4, -0.2) is 52.4 Å². The van der Waals surface area contributed by atoms with Gasteiger partial charge in [-0.15, -0.1) is 0 Å². The standard InChI is InChI=1S/C14H22N4O3S/c1-18(2)6-5-15-14(22)17-16-13(19)10-7-11(20-3)9-12(8-10)21-4/h7-9H,5-6H2,1-4H3,(H,16,19)(H2,15,17,22)/p+1. The third-order valence-corrected chi connectivity index (χ3v) is 3.06. The topological polar surface area (TPSA) is 76.1 Å². The van der Waals surface area contributed by atoms with Crippen LogP contribution in [-0.2, 0) is 0 Å². The van der Waals surface area contributed by atoms with Gasteiger partial charge < -0.3 is 19.7 Å². The molecule has 0 aromatic heterocycles. The van der Waals surface area contributed by atoms with E-state index < -0.39 is 0 Å². The number of thiocarbonyl (C=S) groups is 1. The highest BCUT2D eigenvalue weighted by Gasteiger charge is 2.10. The van der Waals surface area contributed by atoms with Crippen LogP contribution in [0.1, 0.15) is 10.4 Å². The van der Waals surface area contributed by atoms with Crippen molar-refractivity contribution in [1.82, 2.24) is 16.2 Å². The molecule has 7 nitrogen and oxygen atoms in total. The molecular weight excluding hydrogens is 304 g/mol. The highest BCUT2D eigenvalue weighted by atomic mass is 32.1. The van der Waals surface area contributed by atoms with Crippen LogP contribution in [0.5, 0.6) is 11.5 Å². The number of rotatable bonds is 6. The maximum atomic E-state index is 12.1. The summed E-state index contributed by atoms with van der Waals surface area (Å²) < 4.78 is 10.3. The molecule has 0 heterocycles. The van der Waals surface area contributed by atoms with Gasteiger partial charge >= 0.3 is 0 Å². The lowest BCUT2D eigenvalue weighted by molar-refractivity contribution is -0.856. The Morgan fingerprint density at radius 3 is 2.23 bits per heavy atom. The first-order valence-electron chi connectivity index (χ1n) is 6.82. The first kappa shape index (κ1) is 18.0. The number of hydrazine groups is 1. The van der Waals surface area contributed by atoms with E-state index in [9.17, 15) is 4.79 Å². The molecule has 0 fully saturated rings. The minimum absolute atomic E-state index is 0.334. The number of benzene rings is 1. The lowest BCUT2D eigenvalue weighted by Gasteiger charge is -2.13. The summed E-state index contributed by atoms with van der Waals surface area (Å²) in [4.78, 5) is 13.4. The number of ether oxygens (including phenoxy) is 2.